The first kappa shape index (κ1) is 30.9. The second-order valence-electron chi connectivity index (χ2n) is 10.2. The van der Waals surface area contributed by atoms with Gasteiger partial charge in [0.05, 0.1) is 10.4 Å². The van der Waals surface area contributed by atoms with Crippen LogP contribution in [0.4, 0.5) is 4.79 Å². The Balaban J connectivity index is 2.33. The maximum absolute atomic E-state index is 13.2. The number of carboxylic acids is 2. The summed E-state index contributed by atoms with van der Waals surface area (Å²) >= 11 is 0. The number of carboxylic acid groups (broad SMARTS) is 2. The number of rotatable bonds is 9. The number of sulfonamides is 1. The third-order valence-electron chi connectivity index (χ3n) is 5.94. The van der Waals surface area contributed by atoms with E-state index in [-0.39, 0.29) is 37.7 Å². The average Bonchev–Trinajstić information content (AvgIpc) is 2.78. The fourth-order valence-corrected chi connectivity index (χ4v) is 5.65. The zero-order valence-electron chi connectivity index (χ0n) is 22.4. The highest BCUT2D eigenvalue weighted by Gasteiger charge is 2.63. The van der Waals surface area contributed by atoms with Gasteiger partial charge in [0.1, 0.15) is 18.0 Å². The fourth-order valence-electron chi connectivity index (χ4n) is 4.22. The van der Waals surface area contributed by atoms with Gasteiger partial charge in [0.2, 0.25) is 15.6 Å². The van der Waals surface area contributed by atoms with Crippen LogP contribution < -0.4 is 9.46 Å². The molecule has 1 saturated heterocycles. The van der Waals surface area contributed by atoms with E-state index in [1.54, 1.807) is 27.7 Å². The molecule has 1 aromatic rings. The molecule has 1 fully saturated rings. The molecule has 0 saturated carbocycles. The van der Waals surface area contributed by atoms with Crippen molar-refractivity contribution in [1.82, 2.24) is 14.5 Å². The van der Waals surface area contributed by atoms with E-state index in [1.165, 1.54) is 43.0 Å². The van der Waals surface area contributed by atoms with Crippen LogP contribution in [0.5, 0.6) is 5.75 Å². The van der Waals surface area contributed by atoms with Crippen LogP contribution in [0.1, 0.15) is 41.5 Å². The summed E-state index contributed by atoms with van der Waals surface area (Å²) in [5, 5.41) is 20.5. The molecule has 0 spiro atoms. The number of hydrogen-bond acceptors (Lipinski definition) is 8. The molecular weight excluding hydrogens is 518 g/mol. The summed E-state index contributed by atoms with van der Waals surface area (Å²) in [7, 11) is -4.36. The van der Waals surface area contributed by atoms with Gasteiger partial charge in [0.25, 0.3) is 0 Å². The number of amides is 1. The van der Waals surface area contributed by atoms with Gasteiger partial charge in [-0.3, -0.25) is 4.90 Å². The van der Waals surface area contributed by atoms with Gasteiger partial charge in [-0.15, -0.1) is 5.92 Å². The number of benzene rings is 1. The lowest BCUT2D eigenvalue weighted by atomic mass is 9.77. The van der Waals surface area contributed by atoms with Gasteiger partial charge < -0.3 is 24.6 Å². The van der Waals surface area contributed by atoms with E-state index in [9.17, 15) is 33.0 Å². The molecular formula is C25H35N3O9S. The Morgan fingerprint density at radius 1 is 0.974 bits per heavy atom. The number of hydrogen-bond donors (Lipinski definition) is 3. The Morgan fingerprint density at radius 3 is 1.95 bits per heavy atom. The quantitative estimate of drug-likeness (QED) is 0.302. The van der Waals surface area contributed by atoms with Gasteiger partial charge in [0.15, 0.2) is 0 Å². The highest BCUT2D eigenvalue weighted by atomic mass is 32.2. The lowest BCUT2D eigenvalue weighted by Gasteiger charge is -2.49. The molecule has 1 aliphatic heterocycles. The predicted molar refractivity (Wildman–Crippen MR) is 137 cm³/mol. The zero-order valence-corrected chi connectivity index (χ0v) is 23.2. The second-order valence-corrected chi connectivity index (χ2v) is 11.9. The van der Waals surface area contributed by atoms with Crippen LogP contribution in [-0.2, 0) is 24.3 Å². The van der Waals surface area contributed by atoms with Crippen molar-refractivity contribution >= 4 is 28.1 Å². The van der Waals surface area contributed by atoms with Crippen molar-refractivity contribution in [2.75, 3.05) is 32.8 Å². The smallest absolute Gasteiger partial charge is 0.410 e. The minimum atomic E-state index is -4.36. The molecule has 1 heterocycles. The molecule has 0 aliphatic carbocycles. The minimum Gasteiger partial charge on any atom is -0.481 e. The van der Waals surface area contributed by atoms with Gasteiger partial charge in [-0.1, -0.05) is 5.92 Å². The Morgan fingerprint density at radius 2 is 1.50 bits per heavy atom. The van der Waals surface area contributed by atoms with E-state index in [0.717, 1.165) is 4.90 Å². The molecule has 13 heteroatoms. The van der Waals surface area contributed by atoms with Crippen LogP contribution in [-0.4, -0.2) is 95.9 Å². The molecule has 1 amide bonds. The zero-order chi connectivity index (χ0) is 28.9. The topological polar surface area (TPSA) is 163 Å². The Bertz CT molecular complexity index is 1190. The summed E-state index contributed by atoms with van der Waals surface area (Å²) in [5.74, 6) is 2.26. The molecule has 0 bridgehead atoms. The fraction of sp³-hybridized carbons (Fsp3) is 0.560. The van der Waals surface area contributed by atoms with Crippen molar-refractivity contribution in [2.24, 2.45) is 0 Å². The molecule has 0 aromatic heterocycles. The first-order chi connectivity index (χ1) is 17.5. The average molecular weight is 554 g/mol. The molecule has 210 valence electrons. The predicted octanol–water partition coefficient (Wildman–Crippen LogP) is 1.61. The molecule has 0 unspecified atom stereocenters. The minimum absolute atomic E-state index is 0.01000. The third-order valence-corrected chi connectivity index (χ3v) is 7.61. The summed E-state index contributed by atoms with van der Waals surface area (Å²) in [4.78, 5) is 40.0. The van der Waals surface area contributed by atoms with Crippen LogP contribution in [0, 0.1) is 11.8 Å². The van der Waals surface area contributed by atoms with Gasteiger partial charge in [-0.2, -0.15) is 0 Å². The van der Waals surface area contributed by atoms with Gasteiger partial charge >= 0.3 is 18.0 Å². The number of carbonyl (C=O) groups is 3. The van der Waals surface area contributed by atoms with E-state index in [0.29, 0.717) is 5.75 Å². The summed E-state index contributed by atoms with van der Waals surface area (Å²) in [6.45, 7) is 8.99. The maximum atomic E-state index is 13.2. The SMILES string of the molecule is CC#CCOc1ccc(S(=O)(=O)NC(C)(C)C(C(=O)O)(C(=O)O)N2CCN(C(=O)OC(C)(C)C)CC2)cc1. The number of nitrogens with zero attached hydrogens (tertiary/aromatic N) is 2. The molecule has 0 radical (unpaired) electrons. The number of ether oxygens (including phenoxy) is 2. The van der Waals surface area contributed by atoms with E-state index in [4.69, 9.17) is 9.47 Å². The molecule has 1 aliphatic rings. The highest BCUT2D eigenvalue weighted by molar-refractivity contribution is 7.89. The summed E-state index contributed by atoms with van der Waals surface area (Å²) in [6, 6.07) is 5.35. The Labute approximate surface area is 222 Å². The molecule has 3 N–H and O–H groups in total. The van der Waals surface area contributed by atoms with E-state index in [1.807, 2.05) is 0 Å². The molecule has 12 nitrogen and oxygen atoms in total. The van der Waals surface area contributed by atoms with Crippen molar-refractivity contribution < 1.29 is 42.5 Å². The molecule has 1 aromatic carbocycles. The van der Waals surface area contributed by atoms with Crippen LogP contribution in [0.15, 0.2) is 29.2 Å². The Hall–Kier alpha value is -3.34. The largest absolute Gasteiger partial charge is 0.481 e. The number of carbonyl (C=O) groups excluding carboxylic acids is 1. The van der Waals surface area contributed by atoms with E-state index < -0.39 is 44.7 Å². The van der Waals surface area contributed by atoms with Gasteiger partial charge in [-0.25, -0.2) is 27.5 Å². The van der Waals surface area contributed by atoms with Gasteiger partial charge in [-0.05, 0) is 65.8 Å². The monoisotopic (exact) mass is 553 g/mol. The lowest BCUT2D eigenvalue weighted by molar-refractivity contribution is -0.175. The third kappa shape index (κ3) is 6.75. The lowest BCUT2D eigenvalue weighted by Crippen LogP contribution is -2.77. The van der Waals surface area contributed by atoms with Crippen molar-refractivity contribution in [3.63, 3.8) is 0 Å². The number of aliphatic carboxylic acids is 2. The second kappa shape index (κ2) is 11.6. The van der Waals surface area contributed by atoms with Crippen LogP contribution >= 0.6 is 0 Å². The first-order valence-corrected chi connectivity index (χ1v) is 13.3. The number of piperazine rings is 1. The van der Waals surface area contributed by atoms with Crippen LogP contribution in [0.25, 0.3) is 0 Å². The maximum Gasteiger partial charge on any atom is 0.410 e. The summed E-state index contributed by atoms with van der Waals surface area (Å²) < 4.78 is 39.4. The summed E-state index contributed by atoms with van der Waals surface area (Å²) in [5.41, 5.74) is -5.47. The highest BCUT2D eigenvalue weighted by Crippen LogP contribution is 2.33. The molecule has 0 atom stereocenters. The van der Waals surface area contributed by atoms with Gasteiger partial charge in [0, 0.05) is 26.2 Å². The van der Waals surface area contributed by atoms with Crippen LogP contribution in [0.3, 0.4) is 0 Å². The van der Waals surface area contributed by atoms with Crippen molar-refractivity contribution in [1.29, 1.82) is 0 Å². The molecule has 2 rings (SSSR count). The van der Waals surface area contributed by atoms with E-state index in [2.05, 4.69) is 16.6 Å². The van der Waals surface area contributed by atoms with Crippen molar-refractivity contribution in [3.05, 3.63) is 24.3 Å². The van der Waals surface area contributed by atoms with Crippen molar-refractivity contribution in [2.45, 2.75) is 63.1 Å². The first-order valence-electron chi connectivity index (χ1n) is 11.8. The standard InChI is InChI=1S/C25H35N3O9S/c1-7-8-17-36-18-9-11-19(12-10-18)38(34,35)26-24(5,6)25(20(29)30,21(31)32)28-15-13-27(14-16-28)22(33)37-23(2,3)4/h9-12,26H,13-17H2,1-6H3,(H,29,30)(H,31,32). The number of nitrogens with one attached hydrogen (secondary N) is 1. The van der Waals surface area contributed by atoms with Crippen molar-refractivity contribution in [3.8, 4) is 17.6 Å². The van der Waals surface area contributed by atoms with Crippen LogP contribution in [0.2, 0.25) is 0 Å². The Kier molecular flexibility index (Phi) is 9.42. The molecule has 38 heavy (non-hydrogen) atoms. The summed E-state index contributed by atoms with van der Waals surface area (Å²) in [6.07, 6.45) is -0.609. The van der Waals surface area contributed by atoms with E-state index >= 15 is 0 Å². The normalized spacial score (nSPS) is 15.3.